The second-order valence-electron chi connectivity index (χ2n) is 5.68. The Bertz CT molecular complexity index is 677. The standard InChI is InChI=1S/C18H17NO/c20-18-16-10-4-2-7-14(16)12-17-15-9-3-1-6-13(15)8-5-11-19(17)18/h1-4,6-7,9-10,17H,5,8,11-12H2/t17-/m0/s1. The molecule has 0 spiro atoms. The van der Waals surface area contributed by atoms with E-state index in [0.717, 1.165) is 31.4 Å². The third kappa shape index (κ3) is 1.68. The Kier molecular flexibility index (Phi) is 2.62. The number of fused-ring (bicyclic) bond motifs is 4. The van der Waals surface area contributed by atoms with Crippen LogP contribution in [0.3, 0.4) is 0 Å². The SMILES string of the molecule is O=C1c2ccccc2C[C@H]2c3ccccc3CCCN12. The first kappa shape index (κ1) is 11.7. The quantitative estimate of drug-likeness (QED) is 0.713. The number of carbonyl (C=O) groups excluding carboxylic acids is 1. The second kappa shape index (κ2) is 4.48. The molecule has 0 saturated heterocycles. The van der Waals surface area contributed by atoms with E-state index in [1.165, 1.54) is 16.7 Å². The van der Waals surface area contributed by atoms with E-state index in [9.17, 15) is 4.79 Å². The third-order valence-corrected chi connectivity index (χ3v) is 4.56. The third-order valence-electron chi connectivity index (χ3n) is 4.56. The lowest BCUT2D eigenvalue weighted by atomic mass is 9.88. The highest BCUT2D eigenvalue weighted by Crippen LogP contribution is 2.36. The van der Waals surface area contributed by atoms with Crippen LogP contribution < -0.4 is 0 Å². The van der Waals surface area contributed by atoms with Crippen LogP contribution in [-0.4, -0.2) is 17.4 Å². The van der Waals surface area contributed by atoms with Crippen molar-refractivity contribution in [2.45, 2.75) is 25.3 Å². The number of hydrogen-bond donors (Lipinski definition) is 0. The number of carbonyl (C=O) groups is 1. The summed E-state index contributed by atoms with van der Waals surface area (Å²) in [5.74, 6) is 0.202. The Morgan fingerprint density at radius 1 is 0.950 bits per heavy atom. The maximum Gasteiger partial charge on any atom is 0.254 e. The van der Waals surface area contributed by atoms with Crippen LogP contribution in [0.25, 0.3) is 0 Å². The Morgan fingerprint density at radius 3 is 2.60 bits per heavy atom. The number of amides is 1. The van der Waals surface area contributed by atoms with E-state index < -0.39 is 0 Å². The van der Waals surface area contributed by atoms with Crippen molar-refractivity contribution < 1.29 is 4.79 Å². The Hall–Kier alpha value is -2.09. The molecule has 1 amide bonds. The minimum Gasteiger partial charge on any atom is -0.331 e. The van der Waals surface area contributed by atoms with E-state index in [1.807, 2.05) is 18.2 Å². The highest BCUT2D eigenvalue weighted by molar-refractivity contribution is 5.97. The van der Waals surface area contributed by atoms with Gasteiger partial charge in [0.15, 0.2) is 0 Å². The maximum atomic E-state index is 12.7. The summed E-state index contributed by atoms with van der Waals surface area (Å²) < 4.78 is 0. The van der Waals surface area contributed by atoms with Gasteiger partial charge in [-0.3, -0.25) is 4.79 Å². The lowest BCUT2D eigenvalue weighted by Gasteiger charge is -2.36. The normalized spacial score (nSPS) is 20.7. The highest BCUT2D eigenvalue weighted by atomic mass is 16.2. The van der Waals surface area contributed by atoms with E-state index in [1.54, 1.807) is 0 Å². The summed E-state index contributed by atoms with van der Waals surface area (Å²) in [6.45, 7) is 0.868. The molecular weight excluding hydrogens is 246 g/mol. The van der Waals surface area contributed by atoms with Crippen LogP contribution in [0.15, 0.2) is 48.5 Å². The molecule has 0 saturated carbocycles. The van der Waals surface area contributed by atoms with Gasteiger partial charge >= 0.3 is 0 Å². The molecule has 4 rings (SSSR count). The molecule has 2 aromatic carbocycles. The van der Waals surface area contributed by atoms with Gasteiger partial charge in [0, 0.05) is 12.1 Å². The molecule has 0 aromatic heterocycles. The molecule has 20 heavy (non-hydrogen) atoms. The van der Waals surface area contributed by atoms with Gasteiger partial charge in [-0.1, -0.05) is 42.5 Å². The minimum absolute atomic E-state index is 0.202. The number of benzene rings is 2. The predicted octanol–water partition coefficient (Wildman–Crippen LogP) is 3.37. The Balaban J connectivity index is 1.86. The summed E-state index contributed by atoms with van der Waals surface area (Å²) in [5, 5.41) is 0. The van der Waals surface area contributed by atoms with Crippen molar-refractivity contribution in [2.75, 3.05) is 6.54 Å². The molecule has 2 aromatic rings. The molecule has 2 heteroatoms. The minimum atomic E-state index is 0.202. The predicted molar refractivity (Wildman–Crippen MR) is 78.7 cm³/mol. The van der Waals surface area contributed by atoms with Gasteiger partial charge < -0.3 is 4.90 Å². The smallest absolute Gasteiger partial charge is 0.254 e. The van der Waals surface area contributed by atoms with E-state index >= 15 is 0 Å². The van der Waals surface area contributed by atoms with Crippen molar-refractivity contribution in [3.8, 4) is 0 Å². The Labute approximate surface area is 119 Å². The fourth-order valence-electron chi connectivity index (χ4n) is 3.58. The van der Waals surface area contributed by atoms with Crippen LogP contribution in [0.5, 0.6) is 0 Å². The number of rotatable bonds is 0. The summed E-state index contributed by atoms with van der Waals surface area (Å²) in [7, 11) is 0. The molecule has 1 atom stereocenters. The maximum absolute atomic E-state index is 12.7. The molecule has 0 bridgehead atoms. The van der Waals surface area contributed by atoms with Crippen LogP contribution in [0, 0.1) is 0 Å². The topological polar surface area (TPSA) is 20.3 Å². The van der Waals surface area contributed by atoms with Crippen LogP contribution in [0.4, 0.5) is 0 Å². The fraction of sp³-hybridized carbons (Fsp3) is 0.278. The number of hydrogen-bond acceptors (Lipinski definition) is 1. The zero-order valence-corrected chi connectivity index (χ0v) is 11.4. The van der Waals surface area contributed by atoms with Gasteiger partial charge in [0.2, 0.25) is 0 Å². The van der Waals surface area contributed by atoms with Gasteiger partial charge in [-0.15, -0.1) is 0 Å². The zero-order valence-electron chi connectivity index (χ0n) is 11.4. The van der Waals surface area contributed by atoms with Crippen LogP contribution in [0.1, 0.15) is 39.5 Å². The lowest BCUT2D eigenvalue weighted by Crippen LogP contribution is -2.40. The molecule has 0 unspecified atom stereocenters. The molecule has 0 fully saturated rings. The number of aryl methyl sites for hydroxylation is 1. The zero-order chi connectivity index (χ0) is 13.5. The van der Waals surface area contributed by atoms with Gasteiger partial charge in [-0.25, -0.2) is 0 Å². The van der Waals surface area contributed by atoms with Crippen molar-refractivity contribution in [2.24, 2.45) is 0 Å². The average molecular weight is 263 g/mol. The largest absolute Gasteiger partial charge is 0.331 e. The summed E-state index contributed by atoms with van der Waals surface area (Å²) in [4.78, 5) is 14.8. The summed E-state index contributed by atoms with van der Waals surface area (Å²) in [6.07, 6.45) is 3.08. The van der Waals surface area contributed by atoms with E-state index in [2.05, 4.69) is 35.2 Å². The van der Waals surface area contributed by atoms with Crippen LogP contribution >= 0.6 is 0 Å². The van der Waals surface area contributed by atoms with Gasteiger partial charge in [0.05, 0.1) is 6.04 Å². The fourth-order valence-corrected chi connectivity index (χ4v) is 3.58. The van der Waals surface area contributed by atoms with Gasteiger partial charge in [-0.2, -0.15) is 0 Å². The van der Waals surface area contributed by atoms with Crippen molar-refractivity contribution in [3.63, 3.8) is 0 Å². The number of nitrogens with zero attached hydrogens (tertiary/aromatic N) is 1. The first-order valence-electron chi connectivity index (χ1n) is 7.31. The molecule has 2 aliphatic rings. The average Bonchev–Trinajstić information content (AvgIpc) is 2.68. The van der Waals surface area contributed by atoms with Gasteiger partial charge in [0.25, 0.3) is 5.91 Å². The van der Waals surface area contributed by atoms with Crippen molar-refractivity contribution in [3.05, 3.63) is 70.8 Å². The molecule has 2 nitrogen and oxygen atoms in total. The van der Waals surface area contributed by atoms with Crippen molar-refractivity contribution in [1.82, 2.24) is 4.90 Å². The summed E-state index contributed by atoms with van der Waals surface area (Å²) in [5.41, 5.74) is 4.83. The van der Waals surface area contributed by atoms with Gasteiger partial charge in [-0.05, 0) is 42.0 Å². The molecule has 0 aliphatic carbocycles. The van der Waals surface area contributed by atoms with Gasteiger partial charge in [0.1, 0.15) is 0 Å². The summed E-state index contributed by atoms with van der Waals surface area (Å²) >= 11 is 0. The molecule has 2 aliphatic heterocycles. The van der Waals surface area contributed by atoms with Crippen LogP contribution in [-0.2, 0) is 12.8 Å². The molecule has 0 N–H and O–H groups in total. The first-order valence-corrected chi connectivity index (χ1v) is 7.31. The molecule has 100 valence electrons. The highest BCUT2D eigenvalue weighted by Gasteiger charge is 2.34. The van der Waals surface area contributed by atoms with Crippen molar-refractivity contribution >= 4 is 5.91 Å². The van der Waals surface area contributed by atoms with E-state index in [0.29, 0.717) is 0 Å². The summed E-state index contributed by atoms with van der Waals surface area (Å²) in [6, 6.07) is 16.9. The van der Waals surface area contributed by atoms with Crippen LogP contribution in [0.2, 0.25) is 0 Å². The van der Waals surface area contributed by atoms with E-state index in [-0.39, 0.29) is 11.9 Å². The molecule has 2 heterocycles. The monoisotopic (exact) mass is 263 g/mol. The Morgan fingerprint density at radius 2 is 1.70 bits per heavy atom. The lowest BCUT2D eigenvalue weighted by molar-refractivity contribution is 0.0653. The second-order valence-corrected chi connectivity index (χ2v) is 5.68. The van der Waals surface area contributed by atoms with E-state index in [4.69, 9.17) is 0 Å². The molecule has 0 radical (unpaired) electrons. The molecular formula is C18H17NO. The van der Waals surface area contributed by atoms with Crippen molar-refractivity contribution in [1.29, 1.82) is 0 Å². The first-order chi connectivity index (χ1) is 9.84.